The molecule has 18 heavy (non-hydrogen) atoms. The van der Waals surface area contributed by atoms with Crippen molar-refractivity contribution in [3.8, 4) is 11.5 Å². The summed E-state index contributed by atoms with van der Waals surface area (Å²) in [5.74, 6) is 1.34. The van der Waals surface area contributed by atoms with Gasteiger partial charge in [0.25, 0.3) is 0 Å². The van der Waals surface area contributed by atoms with Crippen LogP contribution in [0.25, 0.3) is 0 Å². The van der Waals surface area contributed by atoms with Crippen molar-refractivity contribution in [2.24, 2.45) is 0 Å². The fraction of sp³-hybridized carbons (Fsp3) is 0.571. The van der Waals surface area contributed by atoms with Gasteiger partial charge >= 0.3 is 0 Å². The molecule has 0 aromatic heterocycles. The topological polar surface area (TPSA) is 47.9 Å². The predicted octanol–water partition coefficient (Wildman–Crippen LogP) is 2.13. The molecule has 0 saturated carbocycles. The zero-order chi connectivity index (χ0) is 13.0. The Hall–Kier alpha value is -1.26. The van der Waals surface area contributed by atoms with Crippen LogP contribution >= 0.6 is 0 Å². The largest absolute Gasteiger partial charge is 0.493 e. The SMILES string of the molecule is COc1cc(CO)ccc1OCC1CCC(C)O1. The maximum Gasteiger partial charge on any atom is 0.161 e. The van der Waals surface area contributed by atoms with E-state index < -0.39 is 0 Å². The van der Waals surface area contributed by atoms with Gasteiger partial charge in [0.1, 0.15) is 6.61 Å². The lowest BCUT2D eigenvalue weighted by molar-refractivity contribution is 0.0259. The molecule has 1 aromatic rings. The van der Waals surface area contributed by atoms with Crippen LogP contribution in [0.5, 0.6) is 11.5 Å². The van der Waals surface area contributed by atoms with Gasteiger partial charge in [-0.3, -0.25) is 0 Å². The van der Waals surface area contributed by atoms with Gasteiger partial charge in [-0.25, -0.2) is 0 Å². The van der Waals surface area contributed by atoms with Crippen molar-refractivity contribution in [1.29, 1.82) is 0 Å². The Kier molecular flexibility index (Phi) is 4.44. The molecule has 0 bridgehead atoms. The van der Waals surface area contributed by atoms with E-state index in [1.807, 2.05) is 12.1 Å². The minimum absolute atomic E-state index is 0.000108. The van der Waals surface area contributed by atoms with Crippen LogP contribution in [0, 0.1) is 0 Å². The molecule has 2 rings (SSSR count). The average molecular weight is 252 g/mol. The highest BCUT2D eigenvalue weighted by Gasteiger charge is 2.22. The quantitative estimate of drug-likeness (QED) is 0.872. The standard InChI is InChI=1S/C14H20O4/c1-10-3-5-12(18-10)9-17-13-6-4-11(8-15)7-14(13)16-2/h4,6-7,10,12,15H,3,5,8-9H2,1-2H3. The van der Waals surface area contributed by atoms with Crippen LogP contribution in [0.4, 0.5) is 0 Å². The summed E-state index contributed by atoms with van der Waals surface area (Å²) in [5, 5.41) is 9.06. The summed E-state index contributed by atoms with van der Waals surface area (Å²) in [5.41, 5.74) is 0.810. The van der Waals surface area contributed by atoms with E-state index in [2.05, 4.69) is 6.92 Å². The Morgan fingerprint density at radius 2 is 2.17 bits per heavy atom. The molecule has 1 saturated heterocycles. The van der Waals surface area contributed by atoms with Crippen LogP contribution in [-0.4, -0.2) is 31.0 Å². The Morgan fingerprint density at radius 1 is 1.33 bits per heavy atom. The molecule has 1 aliphatic heterocycles. The summed E-state index contributed by atoms with van der Waals surface area (Å²) in [6, 6.07) is 5.44. The molecule has 1 heterocycles. The maximum atomic E-state index is 9.06. The number of rotatable bonds is 5. The fourth-order valence-corrected chi connectivity index (χ4v) is 2.12. The van der Waals surface area contributed by atoms with Gasteiger partial charge < -0.3 is 19.3 Å². The lowest BCUT2D eigenvalue weighted by Crippen LogP contribution is -2.18. The van der Waals surface area contributed by atoms with Gasteiger partial charge in [0.2, 0.25) is 0 Å². The number of aliphatic hydroxyl groups is 1. The smallest absolute Gasteiger partial charge is 0.161 e. The second-order valence-electron chi connectivity index (χ2n) is 4.60. The third-order valence-corrected chi connectivity index (χ3v) is 3.16. The van der Waals surface area contributed by atoms with Gasteiger partial charge in [-0.2, -0.15) is 0 Å². The first-order valence-electron chi connectivity index (χ1n) is 6.29. The summed E-state index contributed by atoms with van der Waals surface area (Å²) < 4.78 is 16.7. The number of hydrogen-bond donors (Lipinski definition) is 1. The summed E-state index contributed by atoms with van der Waals surface area (Å²) in [7, 11) is 1.59. The lowest BCUT2D eigenvalue weighted by Gasteiger charge is -2.15. The Bertz CT molecular complexity index is 391. The van der Waals surface area contributed by atoms with Crippen molar-refractivity contribution in [3.63, 3.8) is 0 Å². The molecule has 1 aliphatic rings. The minimum Gasteiger partial charge on any atom is -0.493 e. The maximum absolute atomic E-state index is 9.06. The lowest BCUT2D eigenvalue weighted by atomic mass is 10.2. The number of hydrogen-bond acceptors (Lipinski definition) is 4. The van der Waals surface area contributed by atoms with Crippen LogP contribution in [0.1, 0.15) is 25.3 Å². The molecule has 1 aromatic carbocycles. The van der Waals surface area contributed by atoms with Gasteiger partial charge in [-0.1, -0.05) is 6.07 Å². The molecule has 0 spiro atoms. The molecule has 0 amide bonds. The van der Waals surface area contributed by atoms with Crippen LogP contribution in [0.3, 0.4) is 0 Å². The highest BCUT2D eigenvalue weighted by atomic mass is 16.6. The van der Waals surface area contributed by atoms with Gasteiger partial charge in [-0.15, -0.1) is 0 Å². The Morgan fingerprint density at radius 3 is 2.78 bits per heavy atom. The van der Waals surface area contributed by atoms with Crippen LogP contribution in [0.2, 0.25) is 0 Å². The van der Waals surface area contributed by atoms with E-state index in [0.29, 0.717) is 24.2 Å². The fourth-order valence-electron chi connectivity index (χ4n) is 2.12. The van der Waals surface area contributed by atoms with E-state index in [1.165, 1.54) is 0 Å². The first kappa shape index (κ1) is 13.2. The van der Waals surface area contributed by atoms with E-state index in [4.69, 9.17) is 19.3 Å². The minimum atomic E-state index is -0.000108. The number of benzene rings is 1. The van der Waals surface area contributed by atoms with Crippen molar-refractivity contribution in [2.45, 2.75) is 38.6 Å². The Balaban J connectivity index is 1.96. The molecule has 100 valence electrons. The molecule has 1 fully saturated rings. The molecule has 4 nitrogen and oxygen atoms in total. The second kappa shape index (κ2) is 6.07. The molecular weight excluding hydrogens is 232 g/mol. The van der Waals surface area contributed by atoms with Crippen molar-refractivity contribution in [2.75, 3.05) is 13.7 Å². The third-order valence-electron chi connectivity index (χ3n) is 3.16. The van der Waals surface area contributed by atoms with Crippen LogP contribution in [-0.2, 0) is 11.3 Å². The summed E-state index contributed by atoms with van der Waals surface area (Å²) >= 11 is 0. The zero-order valence-corrected chi connectivity index (χ0v) is 10.9. The van der Waals surface area contributed by atoms with Gasteiger partial charge in [0, 0.05) is 0 Å². The summed E-state index contributed by atoms with van der Waals surface area (Å²) in [6.45, 7) is 2.62. The van der Waals surface area contributed by atoms with Crippen LogP contribution < -0.4 is 9.47 Å². The van der Waals surface area contributed by atoms with Crippen molar-refractivity contribution >= 4 is 0 Å². The number of aliphatic hydroxyl groups excluding tert-OH is 1. The van der Waals surface area contributed by atoms with Gasteiger partial charge in [0.15, 0.2) is 11.5 Å². The molecule has 0 aliphatic carbocycles. The zero-order valence-electron chi connectivity index (χ0n) is 10.9. The molecule has 1 N–H and O–H groups in total. The molecule has 0 radical (unpaired) electrons. The second-order valence-corrected chi connectivity index (χ2v) is 4.60. The van der Waals surface area contributed by atoms with Crippen molar-refractivity contribution in [3.05, 3.63) is 23.8 Å². The van der Waals surface area contributed by atoms with E-state index in [1.54, 1.807) is 13.2 Å². The molecule has 2 atom stereocenters. The van der Waals surface area contributed by atoms with E-state index in [0.717, 1.165) is 18.4 Å². The van der Waals surface area contributed by atoms with Crippen molar-refractivity contribution in [1.82, 2.24) is 0 Å². The number of methoxy groups -OCH3 is 1. The predicted molar refractivity (Wildman–Crippen MR) is 68.0 cm³/mol. The summed E-state index contributed by atoms with van der Waals surface area (Å²) in [6.07, 6.45) is 2.63. The molecule has 2 unspecified atom stereocenters. The van der Waals surface area contributed by atoms with Gasteiger partial charge in [0.05, 0.1) is 25.9 Å². The normalized spacial score (nSPS) is 23.1. The van der Waals surface area contributed by atoms with E-state index in [-0.39, 0.29) is 12.7 Å². The first-order chi connectivity index (χ1) is 8.72. The van der Waals surface area contributed by atoms with Gasteiger partial charge in [-0.05, 0) is 37.5 Å². The average Bonchev–Trinajstić information content (AvgIpc) is 2.82. The van der Waals surface area contributed by atoms with Crippen LogP contribution in [0.15, 0.2) is 18.2 Å². The number of ether oxygens (including phenoxy) is 3. The van der Waals surface area contributed by atoms with E-state index >= 15 is 0 Å². The molecular formula is C14H20O4. The third kappa shape index (κ3) is 3.15. The first-order valence-corrected chi connectivity index (χ1v) is 6.29. The Labute approximate surface area is 107 Å². The highest BCUT2D eigenvalue weighted by Crippen LogP contribution is 2.29. The monoisotopic (exact) mass is 252 g/mol. The van der Waals surface area contributed by atoms with E-state index in [9.17, 15) is 0 Å². The highest BCUT2D eigenvalue weighted by molar-refractivity contribution is 5.42. The summed E-state index contributed by atoms with van der Waals surface area (Å²) in [4.78, 5) is 0. The van der Waals surface area contributed by atoms with Crippen molar-refractivity contribution < 1.29 is 19.3 Å². The molecule has 4 heteroatoms.